The minimum Gasteiger partial charge on any atom is -0.497 e. The van der Waals surface area contributed by atoms with Gasteiger partial charge in [-0.15, -0.1) is 0 Å². The average molecular weight is 424 g/mol. The number of rotatable bonds is 5. The molecule has 0 fully saturated rings. The van der Waals surface area contributed by atoms with Gasteiger partial charge >= 0.3 is 5.97 Å². The summed E-state index contributed by atoms with van der Waals surface area (Å²) >= 11 is 5.93. The monoisotopic (exact) mass is 423 g/mol. The second-order valence-electron chi connectivity index (χ2n) is 6.67. The van der Waals surface area contributed by atoms with E-state index in [1.807, 2.05) is 24.3 Å². The summed E-state index contributed by atoms with van der Waals surface area (Å²) < 4.78 is 16.4. The zero-order valence-corrected chi connectivity index (χ0v) is 17.1. The standard InChI is InChI=1S/C23H18ClNO5/c1-13(26)29-12-20-22(23(27)25-16-7-5-15(24)6-8-16)21-18-11-17(28-2)9-3-14(18)4-10-19(21)30-20/h3-11H,12H2,1-2H3,(H,25,27). The van der Waals surface area contributed by atoms with Crippen molar-refractivity contribution in [3.63, 3.8) is 0 Å². The predicted molar refractivity (Wildman–Crippen MR) is 115 cm³/mol. The molecule has 1 heterocycles. The number of carbonyl (C=O) groups is 2. The topological polar surface area (TPSA) is 77.8 Å². The number of carbonyl (C=O) groups excluding carboxylic acids is 2. The van der Waals surface area contributed by atoms with Crippen LogP contribution in [0.5, 0.6) is 5.75 Å². The molecule has 0 saturated carbocycles. The molecule has 1 N–H and O–H groups in total. The van der Waals surface area contributed by atoms with Crippen LogP contribution in [0, 0.1) is 0 Å². The molecule has 3 aromatic carbocycles. The predicted octanol–water partition coefficient (Wildman–Crippen LogP) is 5.56. The molecule has 0 aliphatic heterocycles. The van der Waals surface area contributed by atoms with Gasteiger partial charge in [0.25, 0.3) is 5.91 Å². The number of nitrogens with one attached hydrogen (secondary N) is 1. The van der Waals surface area contributed by atoms with E-state index < -0.39 is 5.97 Å². The minimum absolute atomic E-state index is 0.154. The quantitative estimate of drug-likeness (QED) is 0.425. The summed E-state index contributed by atoms with van der Waals surface area (Å²) in [6.45, 7) is 1.15. The van der Waals surface area contributed by atoms with Crippen LogP contribution in [-0.4, -0.2) is 19.0 Å². The van der Waals surface area contributed by atoms with Gasteiger partial charge in [0.05, 0.1) is 12.7 Å². The first-order chi connectivity index (χ1) is 14.5. The molecular formula is C23H18ClNO5. The highest BCUT2D eigenvalue weighted by atomic mass is 35.5. The molecule has 30 heavy (non-hydrogen) atoms. The highest BCUT2D eigenvalue weighted by molar-refractivity contribution is 6.30. The summed E-state index contributed by atoms with van der Waals surface area (Å²) in [4.78, 5) is 24.6. The van der Waals surface area contributed by atoms with E-state index in [4.69, 9.17) is 25.5 Å². The average Bonchev–Trinajstić information content (AvgIpc) is 3.12. The summed E-state index contributed by atoms with van der Waals surface area (Å²) in [5.41, 5.74) is 1.40. The van der Waals surface area contributed by atoms with Crippen molar-refractivity contribution in [3.05, 3.63) is 70.9 Å². The first-order valence-corrected chi connectivity index (χ1v) is 9.56. The van der Waals surface area contributed by atoms with Crippen molar-refractivity contribution in [2.24, 2.45) is 0 Å². The molecule has 0 saturated heterocycles. The minimum atomic E-state index is -0.467. The Hall–Kier alpha value is -3.51. The first-order valence-electron chi connectivity index (χ1n) is 9.18. The summed E-state index contributed by atoms with van der Waals surface area (Å²) in [5.74, 6) is 0.0726. The Morgan fingerprint density at radius 2 is 1.80 bits per heavy atom. The van der Waals surface area contributed by atoms with E-state index in [0.717, 1.165) is 10.8 Å². The van der Waals surface area contributed by atoms with Crippen LogP contribution in [0.2, 0.25) is 5.02 Å². The van der Waals surface area contributed by atoms with Gasteiger partial charge in [-0.3, -0.25) is 9.59 Å². The molecule has 0 spiro atoms. The third-order valence-corrected chi connectivity index (χ3v) is 4.94. The molecule has 0 unspecified atom stereocenters. The highest BCUT2D eigenvalue weighted by Gasteiger charge is 2.24. The Balaban J connectivity index is 1.89. The van der Waals surface area contributed by atoms with Crippen molar-refractivity contribution >= 4 is 50.9 Å². The maximum absolute atomic E-state index is 13.3. The van der Waals surface area contributed by atoms with Crippen LogP contribution in [-0.2, 0) is 16.1 Å². The second-order valence-corrected chi connectivity index (χ2v) is 7.10. The molecule has 152 valence electrons. The van der Waals surface area contributed by atoms with Crippen LogP contribution in [0.4, 0.5) is 5.69 Å². The molecule has 1 amide bonds. The second kappa shape index (κ2) is 8.08. The lowest BCUT2D eigenvalue weighted by atomic mass is 10.0. The van der Waals surface area contributed by atoms with E-state index in [2.05, 4.69) is 5.32 Å². The number of methoxy groups -OCH3 is 1. The van der Waals surface area contributed by atoms with Crippen molar-refractivity contribution in [3.8, 4) is 5.75 Å². The molecule has 0 radical (unpaired) electrons. The number of furan rings is 1. The molecule has 6 nitrogen and oxygen atoms in total. The number of hydrogen-bond donors (Lipinski definition) is 1. The van der Waals surface area contributed by atoms with Crippen molar-refractivity contribution in [2.75, 3.05) is 12.4 Å². The molecular weight excluding hydrogens is 406 g/mol. The number of fused-ring (bicyclic) bond motifs is 3. The van der Waals surface area contributed by atoms with Crippen LogP contribution in [0.25, 0.3) is 21.7 Å². The molecule has 0 bridgehead atoms. The van der Waals surface area contributed by atoms with Crippen LogP contribution >= 0.6 is 11.6 Å². The lowest BCUT2D eigenvalue weighted by Gasteiger charge is -2.08. The lowest BCUT2D eigenvalue weighted by Crippen LogP contribution is -2.14. The fourth-order valence-corrected chi connectivity index (χ4v) is 3.43. The molecule has 4 rings (SSSR count). The third kappa shape index (κ3) is 3.82. The van der Waals surface area contributed by atoms with Gasteiger partial charge in [-0.2, -0.15) is 0 Å². The van der Waals surface area contributed by atoms with Gasteiger partial charge in [0, 0.05) is 23.0 Å². The lowest BCUT2D eigenvalue weighted by molar-refractivity contribution is -0.142. The number of hydrogen-bond acceptors (Lipinski definition) is 5. The van der Waals surface area contributed by atoms with E-state index in [0.29, 0.717) is 33.0 Å². The van der Waals surface area contributed by atoms with Crippen molar-refractivity contribution < 1.29 is 23.5 Å². The fourth-order valence-electron chi connectivity index (χ4n) is 3.31. The van der Waals surface area contributed by atoms with Gasteiger partial charge in [0.1, 0.15) is 17.9 Å². The molecule has 4 aromatic rings. The summed E-state index contributed by atoms with van der Waals surface area (Å²) in [6.07, 6.45) is 0. The summed E-state index contributed by atoms with van der Waals surface area (Å²) in [6, 6.07) is 16.1. The van der Waals surface area contributed by atoms with Crippen LogP contribution < -0.4 is 10.1 Å². The normalized spacial score (nSPS) is 10.9. The Morgan fingerprint density at radius 3 is 2.50 bits per heavy atom. The third-order valence-electron chi connectivity index (χ3n) is 4.69. The Morgan fingerprint density at radius 1 is 1.07 bits per heavy atom. The molecule has 7 heteroatoms. The Bertz CT molecular complexity index is 1260. The smallest absolute Gasteiger partial charge is 0.303 e. The number of amides is 1. The molecule has 0 atom stereocenters. The van der Waals surface area contributed by atoms with Crippen molar-refractivity contribution in [2.45, 2.75) is 13.5 Å². The van der Waals surface area contributed by atoms with Crippen LogP contribution in [0.15, 0.2) is 59.0 Å². The molecule has 1 aromatic heterocycles. The van der Waals surface area contributed by atoms with E-state index in [9.17, 15) is 9.59 Å². The van der Waals surface area contributed by atoms with Crippen molar-refractivity contribution in [1.82, 2.24) is 0 Å². The number of benzene rings is 3. The van der Waals surface area contributed by atoms with Gasteiger partial charge in [-0.25, -0.2) is 0 Å². The zero-order chi connectivity index (χ0) is 21.3. The van der Waals surface area contributed by atoms with Gasteiger partial charge in [-0.05, 0) is 53.2 Å². The fraction of sp³-hybridized carbons (Fsp3) is 0.130. The molecule has 0 aliphatic carbocycles. The Labute approximate surface area is 177 Å². The van der Waals surface area contributed by atoms with Gasteiger partial charge in [-0.1, -0.05) is 23.7 Å². The highest BCUT2D eigenvalue weighted by Crippen LogP contribution is 2.35. The number of anilines is 1. The van der Waals surface area contributed by atoms with E-state index in [-0.39, 0.29) is 18.3 Å². The number of esters is 1. The number of halogens is 1. The van der Waals surface area contributed by atoms with Crippen LogP contribution in [0.3, 0.4) is 0 Å². The van der Waals surface area contributed by atoms with Crippen LogP contribution in [0.1, 0.15) is 23.0 Å². The Kier molecular flexibility index (Phi) is 5.33. The summed E-state index contributed by atoms with van der Waals surface area (Å²) in [5, 5.41) is 5.76. The zero-order valence-electron chi connectivity index (χ0n) is 16.3. The number of ether oxygens (including phenoxy) is 2. The van der Waals surface area contributed by atoms with E-state index >= 15 is 0 Å². The van der Waals surface area contributed by atoms with Gasteiger partial charge in [0.15, 0.2) is 5.76 Å². The van der Waals surface area contributed by atoms with E-state index in [1.54, 1.807) is 37.4 Å². The summed E-state index contributed by atoms with van der Waals surface area (Å²) in [7, 11) is 1.58. The maximum Gasteiger partial charge on any atom is 0.303 e. The molecule has 0 aliphatic rings. The van der Waals surface area contributed by atoms with Gasteiger partial charge < -0.3 is 19.2 Å². The first kappa shape index (κ1) is 19.8. The SMILES string of the molecule is COc1ccc2ccc3oc(COC(C)=O)c(C(=O)Nc4ccc(Cl)cc4)c3c2c1. The van der Waals surface area contributed by atoms with Crippen molar-refractivity contribution in [1.29, 1.82) is 0 Å². The van der Waals surface area contributed by atoms with Gasteiger partial charge in [0.2, 0.25) is 0 Å². The maximum atomic E-state index is 13.3. The largest absolute Gasteiger partial charge is 0.497 e. The van der Waals surface area contributed by atoms with E-state index in [1.165, 1.54) is 6.92 Å².